The van der Waals surface area contributed by atoms with Crippen molar-refractivity contribution >= 4 is 0 Å². The van der Waals surface area contributed by atoms with E-state index in [-0.39, 0.29) is 27.2 Å². The average molecular weight is 2070 g/mol. The van der Waals surface area contributed by atoms with Gasteiger partial charge in [-0.25, -0.2) is 0 Å². The van der Waals surface area contributed by atoms with Gasteiger partial charge in [-0.3, -0.25) is 0 Å². The van der Waals surface area contributed by atoms with Gasteiger partial charge in [0.05, 0.1) is 436 Å². The van der Waals surface area contributed by atoms with Crippen LogP contribution in [0, 0.1) is 6.92 Å². The Kier molecular flexibility index (Phi) is 90.6. The summed E-state index contributed by atoms with van der Waals surface area (Å²) in [4.78, 5) is 0. The van der Waals surface area contributed by atoms with Crippen LogP contribution in [-0.4, -0.2) is 491 Å². The molecule has 0 aromatic heterocycles. The highest BCUT2D eigenvalue weighted by molar-refractivity contribution is 5.82. The Labute approximate surface area is 858 Å². The monoisotopic (exact) mass is 2070 g/mol. The van der Waals surface area contributed by atoms with Crippen LogP contribution in [0.25, 0.3) is 11.1 Å². The van der Waals surface area contributed by atoms with Crippen LogP contribution in [0.4, 0.5) is 0 Å². The van der Waals surface area contributed by atoms with Crippen molar-refractivity contribution in [2.45, 2.75) is 46.0 Å². The second kappa shape index (κ2) is 99.6. The number of benzene rings is 4. The standard InChI is InChI=1S/C104H176O39.CH4/c1-7-93-9-11-101-100-10-8-92(2)82-102(100)104(103(101)87-93,90-94-83-96(140-78-74-112-19-15-108-6)88-97(84-94)141-79-75-137-71-68-134-65-62-131-59-56-128-53-50-125-47-44-122-41-38-119-35-32-116-29-26-113-23-20-109-16-12-105-3)91-95-85-98(142-80-76-138-72-69-135-66-63-132-60-57-129-54-51-126-48-45-123-42-39-120-36-33-117-30-27-114-24-21-110-17-13-106-4)89-99(86-95)143-81-77-139-73-70-136-67-64-133-61-58-130-55-52-127-49-46-124-43-40-121-37-34-118-31-28-115-25-22-111-18-14-107-5;/h8-11,82-89H,7,12-81,90-91H2,1-6H3;1H4. The summed E-state index contributed by atoms with van der Waals surface area (Å²) in [6.45, 7) is 36.1. The van der Waals surface area contributed by atoms with E-state index >= 15 is 0 Å². The van der Waals surface area contributed by atoms with Gasteiger partial charge in [0.2, 0.25) is 0 Å². The molecule has 0 spiro atoms. The van der Waals surface area contributed by atoms with Gasteiger partial charge in [-0.1, -0.05) is 56.3 Å². The fourth-order valence-corrected chi connectivity index (χ4v) is 13.6. The second-order valence-corrected chi connectivity index (χ2v) is 31.7. The fourth-order valence-electron chi connectivity index (χ4n) is 13.6. The number of fused-ring (bicyclic) bond motifs is 3. The van der Waals surface area contributed by atoms with Crippen molar-refractivity contribution in [3.05, 3.63) is 106 Å². The minimum Gasteiger partial charge on any atom is -0.491 e. The molecule has 0 saturated carbocycles. The number of hydrogen-bond donors (Lipinski definition) is 0. The lowest BCUT2D eigenvalue weighted by molar-refractivity contribution is -0.0273. The highest BCUT2D eigenvalue weighted by Gasteiger charge is 2.44. The van der Waals surface area contributed by atoms with Crippen LogP contribution in [0.5, 0.6) is 23.0 Å². The van der Waals surface area contributed by atoms with Crippen molar-refractivity contribution in [2.24, 2.45) is 0 Å². The topological polar surface area (TPSA) is 360 Å². The minimum atomic E-state index is -0.621. The van der Waals surface area contributed by atoms with Crippen LogP contribution < -0.4 is 18.9 Å². The summed E-state index contributed by atoms with van der Waals surface area (Å²) in [5, 5.41) is 0. The van der Waals surface area contributed by atoms with Crippen LogP contribution in [0.15, 0.2) is 72.8 Å². The van der Waals surface area contributed by atoms with Gasteiger partial charge < -0.3 is 185 Å². The quantitative estimate of drug-likeness (QED) is 0.0373. The first kappa shape index (κ1) is 131. The molecule has 39 nitrogen and oxygen atoms in total. The molecule has 0 amide bonds. The van der Waals surface area contributed by atoms with Gasteiger partial charge in [-0.15, -0.1) is 0 Å². The molecule has 4 aromatic rings. The third kappa shape index (κ3) is 73.0. The highest BCUT2D eigenvalue weighted by atomic mass is 16.6. The third-order valence-electron chi connectivity index (χ3n) is 20.6. The van der Waals surface area contributed by atoms with Gasteiger partial charge in [0.1, 0.15) is 49.4 Å². The van der Waals surface area contributed by atoms with E-state index in [2.05, 4.69) is 74.5 Å². The van der Waals surface area contributed by atoms with Crippen LogP contribution in [0.3, 0.4) is 0 Å². The first-order valence-corrected chi connectivity index (χ1v) is 50.8. The van der Waals surface area contributed by atoms with Gasteiger partial charge in [0.25, 0.3) is 0 Å². The Morgan fingerprint density at radius 3 is 0.486 bits per heavy atom. The Bertz CT molecular complexity index is 3330. The molecular weight excluding hydrogens is 1890 g/mol. The minimum absolute atomic E-state index is 0. The fraction of sp³-hybridized carbons (Fsp3) is 0.771. The summed E-state index contributed by atoms with van der Waals surface area (Å²) in [6.07, 6.45) is 1.99. The molecule has 1 aliphatic rings. The SMILES string of the molecule is C.CCc1ccc2c(c1)C(Cc1cc(OCCOCCOC)cc(OCCOCCOCCOCCOCCOCCOCCOCCOCCOCCOCCOC)c1)(Cc1cc(OCCOCCOCCOCCOCCOCCOCCOCCOCCOCCOCCOC)cc(OCCOCCOCCOCCOCCOCCOCCOCCOCCOCCOCCOC)c1)c1cc(C)ccc1-2. The normalized spacial score (nSPS) is 12.8. The molecule has 0 heterocycles. The van der Waals surface area contributed by atoms with Crippen LogP contribution in [0.2, 0.25) is 0 Å². The van der Waals surface area contributed by atoms with Crippen molar-refractivity contribution in [1.82, 2.24) is 0 Å². The van der Waals surface area contributed by atoms with Crippen LogP contribution in [0.1, 0.15) is 47.7 Å². The lowest BCUT2D eigenvalue weighted by atomic mass is 9.69. The summed E-state index contributed by atoms with van der Waals surface area (Å²) in [7, 11) is 6.58. The van der Waals surface area contributed by atoms with E-state index in [0.717, 1.165) is 23.1 Å². The lowest BCUT2D eigenvalue weighted by Crippen LogP contribution is -2.31. The van der Waals surface area contributed by atoms with Crippen molar-refractivity contribution in [2.75, 3.05) is 491 Å². The smallest absolute Gasteiger partial charge is 0.123 e. The largest absolute Gasteiger partial charge is 0.491 e. The lowest BCUT2D eigenvalue weighted by Gasteiger charge is -2.34. The molecule has 4 aromatic carbocycles. The molecule has 1 unspecified atom stereocenters. The maximum Gasteiger partial charge on any atom is 0.123 e. The number of aryl methyl sites for hydroxylation is 2. The van der Waals surface area contributed by atoms with Gasteiger partial charge in [0.15, 0.2) is 0 Å². The number of hydrogen-bond acceptors (Lipinski definition) is 39. The van der Waals surface area contributed by atoms with E-state index in [1.54, 1.807) is 28.4 Å². The molecular formula is C105H180O39. The Hall–Kier alpha value is -5.32. The molecule has 834 valence electrons. The molecule has 0 fully saturated rings. The van der Waals surface area contributed by atoms with Gasteiger partial charge in [0, 0.05) is 46.0 Å². The van der Waals surface area contributed by atoms with Crippen LogP contribution in [-0.2, 0) is 190 Å². The van der Waals surface area contributed by atoms with Crippen molar-refractivity contribution in [3.63, 3.8) is 0 Å². The molecule has 0 saturated heterocycles. The predicted octanol–water partition coefficient (Wildman–Crippen LogP) is 8.56. The Balaban J connectivity index is 0.0000432. The van der Waals surface area contributed by atoms with E-state index in [1.807, 2.05) is 12.1 Å². The average Bonchev–Trinajstić information content (AvgIpc) is 1.56. The zero-order valence-corrected chi connectivity index (χ0v) is 87.0. The van der Waals surface area contributed by atoms with Crippen molar-refractivity contribution in [3.8, 4) is 34.1 Å². The molecule has 1 atom stereocenters. The summed E-state index contributed by atoms with van der Waals surface area (Å²) < 4.78 is 221. The number of ether oxygens (including phenoxy) is 39. The summed E-state index contributed by atoms with van der Waals surface area (Å²) in [6, 6.07) is 26.1. The Morgan fingerprint density at radius 2 is 0.319 bits per heavy atom. The van der Waals surface area contributed by atoms with E-state index < -0.39 is 5.41 Å². The van der Waals surface area contributed by atoms with E-state index in [1.165, 1.54) is 27.8 Å². The molecule has 1 aliphatic carbocycles. The Morgan fingerprint density at radius 1 is 0.167 bits per heavy atom. The van der Waals surface area contributed by atoms with Crippen molar-refractivity contribution in [1.29, 1.82) is 0 Å². The third-order valence-corrected chi connectivity index (χ3v) is 20.6. The van der Waals surface area contributed by atoms with E-state index in [0.29, 0.717) is 479 Å². The zero-order chi connectivity index (χ0) is 101. The van der Waals surface area contributed by atoms with Crippen molar-refractivity contribution < 1.29 is 185 Å². The first-order valence-electron chi connectivity index (χ1n) is 50.8. The molecule has 39 heteroatoms. The first-order chi connectivity index (χ1) is 70.9. The predicted molar refractivity (Wildman–Crippen MR) is 539 cm³/mol. The number of methoxy groups -OCH3 is 4. The maximum atomic E-state index is 6.59. The zero-order valence-electron chi connectivity index (χ0n) is 87.0. The molecule has 0 aliphatic heterocycles. The van der Waals surface area contributed by atoms with Gasteiger partial charge in [-0.05, 0) is 89.4 Å². The van der Waals surface area contributed by atoms with Gasteiger partial charge in [-0.2, -0.15) is 0 Å². The summed E-state index contributed by atoms with van der Waals surface area (Å²) >= 11 is 0. The molecule has 144 heavy (non-hydrogen) atoms. The van der Waals surface area contributed by atoms with E-state index in [4.69, 9.17) is 185 Å². The van der Waals surface area contributed by atoms with Gasteiger partial charge >= 0.3 is 0 Å². The number of rotatable bonds is 114. The summed E-state index contributed by atoms with van der Waals surface area (Å²) in [5.74, 6) is 2.56. The molecule has 0 bridgehead atoms. The van der Waals surface area contributed by atoms with Crippen LogP contribution >= 0.6 is 0 Å². The molecule has 5 rings (SSSR count). The summed E-state index contributed by atoms with van der Waals surface area (Å²) in [5.41, 5.74) is 8.59. The highest BCUT2D eigenvalue weighted by Crippen LogP contribution is 2.54. The molecule has 0 N–H and O–H groups in total. The van der Waals surface area contributed by atoms with E-state index in [9.17, 15) is 0 Å². The second-order valence-electron chi connectivity index (χ2n) is 31.7. The maximum absolute atomic E-state index is 6.59. The molecule has 0 radical (unpaired) electrons.